The number of nitrogen functional groups attached to an aromatic ring is 1. The summed E-state index contributed by atoms with van der Waals surface area (Å²) in [6.07, 6.45) is 1.46. The Balaban J connectivity index is 1.99. The Labute approximate surface area is 119 Å². The lowest BCUT2D eigenvalue weighted by molar-refractivity contribution is 0.0354. The van der Waals surface area contributed by atoms with E-state index < -0.39 is 10.0 Å². The van der Waals surface area contributed by atoms with Gasteiger partial charge in [0.05, 0.1) is 13.2 Å². The van der Waals surface area contributed by atoms with Crippen LogP contribution in [0.1, 0.15) is 6.92 Å². The van der Waals surface area contributed by atoms with E-state index in [1.165, 1.54) is 12.3 Å². The van der Waals surface area contributed by atoms with Gasteiger partial charge in [0, 0.05) is 31.9 Å². The third-order valence-electron chi connectivity index (χ3n) is 3.08. The first kappa shape index (κ1) is 15.2. The summed E-state index contributed by atoms with van der Waals surface area (Å²) in [5, 5.41) is 0. The molecule has 0 radical (unpaired) electrons. The van der Waals surface area contributed by atoms with Gasteiger partial charge < -0.3 is 10.5 Å². The first-order chi connectivity index (χ1) is 9.49. The molecule has 2 heterocycles. The number of pyridine rings is 1. The summed E-state index contributed by atoms with van der Waals surface area (Å²) < 4.78 is 32.4. The summed E-state index contributed by atoms with van der Waals surface area (Å²) in [5.41, 5.74) is 5.61. The maximum Gasteiger partial charge on any atom is 0.244 e. The predicted molar refractivity (Wildman–Crippen MR) is 75.7 cm³/mol. The van der Waals surface area contributed by atoms with E-state index in [2.05, 4.69) is 14.6 Å². The number of hydrogen-bond acceptors (Lipinski definition) is 6. The molecule has 1 aromatic rings. The topological polar surface area (TPSA) is 97.5 Å². The fourth-order valence-electron chi connectivity index (χ4n) is 2.17. The summed E-state index contributed by atoms with van der Waals surface area (Å²) in [7, 11) is -3.64. The molecule has 7 nitrogen and oxygen atoms in total. The number of nitrogens with one attached hydrogen (secondary N) is 1. The zero-order valence-electron chi connectivity index (χ0n) is 11.4. The molecular weight excluding hydrogens is 280 g/mol. The number of ether oxygens (including phenoxy) is 1. The van der Waals surface area contributed by atoms with Crippen LogP contribution in [-0.2, 0) is 14.8 Å². The summed E-state index contributed by atoms with van der Waals surface area (Å²) >= 11 is 0. The van der Waals surface area contributed by atoms with E-state index in [9.17, 15) is 8.42 Å². The number of sulfonamides is 1. The molecule has 0 aliphatic carbocycles. The Morgan fingerprint density at radius 3 is 2.85 bits per heavy atom. The van der Waals surface area contributed by atoms with Gasteiger partial charge in [0.1, 0.15) is 10.7 Å². The molecule has 0 saturated carbocycles. The average molecular weight is 300 g/mol. The van der Waals surface area contributed by atoms with Crippen LogP contribution in [-0.4, -0.2) is 57.2 Å². The number of morpholine rings is 1. The van der Waals surface area contributed by atoms with Crippen LogP contribution in [0.3, 0.4) is 0 Å². The molecule has 1 aromatic heterocycles. The summed E-state index contributed by atoms with van der Waals surface area (Å²) in [4.78, 5) is 5.99. The average Bonchev–Trinajstić information content (AvgIpc) is 2.39. The Morgan fingerprint density at radius 2 is 2.20 bits per heavy atom. The molecule has 1 saturated heterocycles. The SMILES string of the molecule is CC(CN1CCOCC1)NS(=O)(=O)c1cccnc1N. The molecular formula is C12H20N4O3S. The highest BCUT2D eigenvalue weighted by Crippen LogP contribution is 2.14. The molecule has 0 spiro atoms. The lowest BCUT2D eigenvalue weighted by Gasteiger charge is -2.29. The van der Waals surface area contributed by atoms with Gasteiger partial charge in [-0.05, 0) is 19.1 Å². The standard InChI is InChI=1S/C12H20N4O3S/c1-10(9-16-5-7-19-8-6-16)15-20(17,18)11-3-2-4-14-12(11)13/h2-4,10,15H,5-9H2,1H3,(H2,13,14). The first-order valence-corrected chi connectivity index (χ1v) is 8.00. The summed E-state index contributed by atoms with van der Waals surface area (Å²) in [5.74, 6) is 0.0126. The quantitative estimate of drug-likeness (QED) is 0.772. The van der Waals surface area contributed by atoms with Crippen molar-refractivity contribution in [2.24, 2.45) is 0 Å². The van der Waals surface area contributed by atoms with Crippen LogP contribution in [0.5, 0.6) is 0 Å². The molecule has 2 rings (SSSR count). The van der Waals surface area contributed by atoms with Gasteiger partial charge >= 0.3 is 0 Å². The highest BCUT2D eigenvalue weighted by molar-refractivity contribution is 7.89. The highest BCUT2D eigenvalue weighted by atomic mass is 32.2. The maximum absolute atomic E-state index is 12.2. The molecule has 20 heavy (non-hydrogen) atoms. The minimum atomic E-state index is -3.64. The van der Waals surface area contributed by atoms with E-state index in [-0.39, 0.29) is 16.8 Å². The van der Waals surface area contributed by atoms with E-state index in [0.717, 1.165) is 13.1 Å². The van der Waals surface area contributed by atoms with E-state index in [0.29, 0.717) is 19.8 Å². The van der Waals surface area contributed by atoms with Crippen LogP contribution in [0.4, 0.5) is 5.82 Å². The molecule has 0 aromatic carbocycles. The first-order valence-electron chi connectivity index (χ1n) is 6.52. The van der Waals surface area contributed by atoms with Gasteiger partial charge in [0.2, 0.25) is 10.0 Å². The van der Waals surface area contributed by atoms with Crippen LogP contribution in [0.2, 0.25) is 0 Å². The number of rotatable bonds is 5. The highest BCUT2D eigenvalue weighted by Gasteiger charge is 2.22. The fraction of sp³-hybridized carbons (Fsp3) is 0.583. The van der Waals surface area contributed by atoms with E-state index in [4.69, 9.17) is 10.5 Å². The lowest BCUT2D eigenvalue weighted by atomic mass is 10.3. The molecule has 8 heteroatoms. The molecule has 1 aliphatic rings. The second kappa shape index (κ2) is 6.49. The number of anilines is 1. The molecule has 0 bridgehead atoms. The molecule has 3 N–H and O–H groups in total. The Hall–Kier alpha value is -1.22. The van der Waals surface area contributed by atoms with E-state index in [1.807, 2.05) is 6.92 Å². The van der Waals surface area contributed by atoms with Gasteiger partial charge in [-0.2, -0.15) is 0 Å². The van der Waals surface area contributed by atoms with Gasteiger partial charge in [0.25, 0.3) is 0 Å². The largest absolute Gasteiger partial charge is 0.383 e. The molecule has 112 valence electrons. The number of aromatic nitrogens is 1. The third kappa shape index (κ3) is 3.89. The Morgan fingerprint density at radius 1 is 1.50 bits per heavy atom. The predicted octanol–water partition coefficient (Wildman–Crippen LogP) is -0.337. The van der Waals surface area contributed by atoms with Crippen molar-refractivity contribution in [2.75, 3.05) is 38.6 Å². The molecule has 1 fully saturated rings. The van der Waals surface area contributed by atoms with Crippen molar-refractivity contribution in [3.05, 3.63) is 18.3 Å². The normalized spacial score (nSPS) is 18.9. The van der Waals surface area contributed by atoms with Crippen molar-refractivity contribution in [2.45, 2.75) is 17.9 Å². The number of hydrogen-bond donors (Lipinski definition) is 2. The van der Waals surface area contributed by atoms with Crippen LogP contribution in [0.15, 0.2) is 23.2 Å². The Bertz CT molecular complexity index is 543. The zero-order valence-corrected chi connectivity index (χ0v) is 12.3. The maximum atomic E-state index is 12.2. The van der Waals surface area contributed by atoms with Gasteiger partial charge in [-0.25, -0.2) is 18.1 Å². The minimum Gasteiger partial charge on any atom is -0.383 e. The Kier molecular flexibility index (Phi) is 4.92. The third-order valence-corrected chi connectivity index (χ3v) is 4.72. The van der Waals surface area contributed by atoms with Gasteiger partial charge in [-0.15, -0.1) is 0 Å². The van der Waals surface area contributed by atoms with Crippen LogP contribution in [0, 0.1) is 0 Å². The van der Waals surface area contributed by atoms with Crippen molar-refractivity contribution < 1.29 is 13.2 Å². The van der Waals surface area contributed by atoms with Crippen molar-refractivity contribution >= 4 is 15.8 Å². The second-order valence-electron chi connectivity index (χ2n) is 4.82. The van der Waals surface area contributed by atoms with Crippen molar-refractivity contribution in [3.8, 4) is 0 Å². The summed E-state index contributed by atoms with van der Waals surface area (Å²) in [6, 6.07) is 2.79. The van der Waals surface area contributed by atoms with Gasteiger partial charge in [0.15, 0.2) is 0 Å². The van der Waals surface area contributed by atoms with E-state index >= 15 is 0 Å². The van der Waals surface area contributed by atoms with Gasteiger partial charge in [-0.3, -0.25) is 4.90 Å². The van der Waals surface area contributed by atoms with Crippen LogP contribution < -0.4 is 10.5 Å². The fourth-order valence-corrected chi connectivity index (χ4v) is 3.48. The molecule has 0 amide bonds. The molecule has 1 atom stereocenters. The number of nitrogens with zero attached hydrogens (tertiary/aromatic N) is 2. The van der Waals surface area contributed by atoms with Crippen molar-refractivity contribution in [1.82, 2.24) is 14.6 Å². The zero-order chi connectivity index (χ0) is 14.6. The van der Waals surface area contributed by atoms with Crippen LogP contribution >= 0.6 is 0 Å². The smallest absolute Gasteiger partial charge is 0.244 e. The summed E-state index contributed by atoms with van der Waals surface area (Å²) in [6.45, 7) is 5.49. The second-order valence-corrected chi connectivity index (χ2v) is 6.50. The van der Waals surface area contributed by atoms with Gasteiger partial charge in [-0.1, -0.05) is 0 Å². The minimum absolute atomic E-state index is 0.0126. The molecule has 1 aliphatic heterocycles. The molecule has 1 unspecified atom stereocenters. The van der Waals surface area contributed by atoms with Crippen molar-refractivity contribution in [3.63, 3.8) is 0 Å². The number of nitrogens with two attached hydrogens (primary N) is 1. The van der Waals surface area contributed by atoms with E-state index in [1.54, 1.807) is 6.07 Å². The monoisotopic (exact) mass is 300 g/mol. The van der Waals surface area contributed by atoms with Crippen LogP contribution in [0.25, 0.3) is 0 Å². The van der Waals surface area contributed by atoms with Crippen molar-refractivity contribution in [1.29, 1.82) is 0 Å². The lowest BCUT2D eigenvalue weighted by Crippen LogP contribution is -2.46.